The van der Waals surface area contributed by atoms with E-state index in [9.17, 15) is 38.0 Å². The van der Waals surface area contributed by atoms with Gasteiger partial charge in [0.1, 0.15) is 58.8 Å². The van der Waals surface area contributed by atoms with Crippen LogP contribution < -0.4 is 34.5 Å². The third-order valence-electron chi connectivity index (χ3n) is 13.9. The SMILES string of the molecule is COc1cc(OC2C(C)(C)C(NC(=O)c3cnc(N4CCC(CN(CC(F)F)C5CC(Oc6cc(OC)c7c(c6)C(=O)N([C@@H]6CCC(=O)NC6=O)C7=O)C5)CC4)cn3)C2(C)C)ccc1C#N. The van der Waals surface area contributed by atoms with Crippen molar-refractivity contribution < 1.29 is 51.7 Å². The summed E-state index contributed by atoms with van der Waals surface area (Å²) in [7, 11) is 2.85. The molecule has 3 aliphatic heterocycles. The summed E-state index contributed by atoms with van der Waals surface area (Å²) in [6, 6.07) is 8.61. The summed E-state index contributed by atoms with van der Waals surface area (Å²) in [6.45, 7) is 9.53. The van der Waals surface area contributed by atoms with Gasteiger partial charge in [-0.25, -0.2) is 18.7 Å². The van der Waals surface area contributed by atoms with Gasteiger partial charge in [-0.3, -0.25) is 39.1 Å². The summed E-state index contributed by atoms with van der Waals surface area (Å²) in [5.41, 5.74) is -0.279. The summed E-state index contributed by atoms with van der Waals surface area (Å²) in [5.74, 6) is -0.765. The number of anilines is 1. The minimum absolute atomic E-state index is 0.00769. The maximum atomic E-state index is 13.9. The highest BCUT2D eigenvalue weighted by atomic mass is 19.3. The van der Waals surface area contributed by atoms with Crippen LogP contribution in [0.15, 0.2) is 42.7 Å². The molecular weight excluding hydrogens is 859 g/mol. The monoisotopic (exact) mass is 912 g/mol. The summed E-state index contributed by atoms with van der Waals surface area (Å²) < 4.78 is 51.2. The van der Waals surface area contributed by atoms with Crippen molar-refractivity contribution in [3.05, 3.63) is 65.1 Å². The van der Waals surface area contributed by atoms with Crippen molar-refractivity contribution in [2.45, 2.75) is 103 Å². The highest BCUT2D eigenvalue weighted by molar-refractivity contribution is 6.24. The van der Waals surface area contributed by atoms with Gasteiger partial charge in [-0.05, 0) is 43.4 Å². The molecule has 4 heterocycles. The molecule has 19 heteroatoms. The van der Waals surface area contributed by atoms with Crippen molar-refractivity contribution in [3.63, 3.8) is 0 Å². The maximum Gasteiger partial charge on any atom is 0.271 e. The first-order chi connectivity index (χ1) is 31.4. The summed E-state index contributed by atoms with van der Waals surface area (Å²) in [6.07, 6.45) is 2.41. The number of hydrogen-bond donors (Lipinski definition) is 2. The number of benzene rings is 2. The van der Waals surface area contributed by atoms with Gasteiger partial charge in [-0.15, -0.1) is 0 Å². The zero-order valence-electron chi connectivity index (χ0n) is 37.8. The molecular formula is C47H54F2N8O9. The van der Waals surface area contributed by atoms with Gasteiger partial charge in [0.15, 0.2) is 0 Å². The van der Waals surface area contributed by atoms with Crippen LogP contribution in [-0.2, 0) is 9.59 Å². The molecule has 5 aliphatic rings. The van der Waals surface area contributed by atoms with Crippen LogP contribution in [0.5, 0.6) is 23.0 Å². The van der Waals surface area contributed by atoms with Gasteiger partial charge in [0.2, 0.25) is 11.8 Å². The number of hydrogen-bond acceptors (Lipinski definition) is 14. The number of amides is 5. The number of piperidine rings is 2. The minimum atomic E-state index is -2.53. The number of nitriles is 1. The standard InChI is InChI=1S/C47H54F2N8O9/c1-46(2)44(47(3,4)45(46)66-28-8-7-26(20-50)34(18-28)63-5)54-40(59)32-21-52-37(22-51-32)55-13-11-25(12-14-55)23-56(24-36(48)49)27-15-29(16-27)65-30-17-31-39(35(19-30)64-6)43(62)57(42(31)61)33-9-10-38(58)53-41(33)60/h7-8,17-19,21-22,25,27,29,33,36,44-45H,9-16,23-24H2,1-6H3,(H,54,59)(H,53,58,60)/t27?,29?,33-,44?,45?/m1/s1. The molecule has 1 atom stereocenters. The van der Waals surface area contributed by atoms with Crippen LogP contribution in [0.4, 0.5) is 14.6 Å². The lowest BCUT2D eigenvalue weighted by Gasteiger charge is -2.63. The molecule has 2 saturated heterocycles. The molecule has 4 fully saturated rings. The van der Waals surface area contributed by atoms with Gasteiger partial charge in [0, 0.05) is 73.9 Å². The summed E-state index contributed by atoms with van der Waals surface area (Å²) in [5, 5.41) is 14.7. The van der Waals surface area contributed by atoms with E-state index >= 15 is 0 Å². The van der Waals surface area contributed by atoms with E-state index in [4.69, 9.17) is 18.9 Å². The van der Waals surface area contributed by atoms with E-state index in [0.717, 1.165) is 17.7 Å². The smallest absolute Gasteiger partial charge is 0.271 e. The molecule has 0 bridgehead atoms. The first kappa shape index (κ1) is 46.1. The van der Waals surface area contributed by atoms with Crippen molar-refractivity contribution in [3.8, 4) is 29.1 Å². The Hall–Kier alpha value is -6.42. The van der Waals surface area contributed by atoms with Crippen LogP contribution in [0, 0.1) is 28.1 Å². The number of aromatic nitrogens is 2. The normalized spacial score (nSPS) is 24.5. The van der Waals surface area contributed by atoms with E-state index in [2.05, 4.69) is 31.6 Å². The van der Waals surface area contributed by atoms with E-state index in [1.165, 1.54) is 32.5 Å². The maximum absolute atomic E-state index is 13.9. The first-order valence-electron chi connectivity index (χ1n) is 22.2. The average Bonchev–Trinajstić information content (AvgIpc) is 3.52. The molecule has 350 valence electrons. The predicted molar refractivity (Wildman–Crippen MR) is 233 cm³/mol. The van der Waals surface area contributed by atoms with Gasteiger partial charge in [-0.1, -0.05) is 27.7 Å². The van der Waals surface area contributed by atoms with E-state index in [0.29, 0.717) is 55.4 Å². The molecule has 3 aromatic rings. The van der Waals surface area contributed by atoms with Crippen molar-refractivity contribution in [2.75, 3.05) is 45.3 Å². The number of halogens is 2. The van der Waals surface area contributed by atoms with E-state index in [-0.39, 0.29) is 83.8 Å². The Labute approximate surface area is 381 Å². The van der Waals surface area contributed by atoms with Crippen LogP contribution in [0.2, 0.25) is 0 Å². The van der Waals surface area contributed by atoms with E-state index in [1.54, 1.807) is 24.4 Å². The van der Waals surface area contributed by atoms with Crippen molar-refractivity contribution >= 4 is 35.4 Å². The number of nitrogens with one attached hydrogen (secondary N) is 2. The lowest BCUT2D eigenvalue weighted by molar-refractivity contribution is -0.164. The Balaban J connectivity index is 0.819. The highest BCUT2D eigenvalue weighted by Crippen LogP contribution is 2.55. The fraction of sp³-hybridized carbons (Fsp3) is 0.532. The molecule has 1 aromatic heterocycles. The Morgan fingerprint density at radius 3 is 2.26 bits per heavy atom. The van der Waals surface area contributed by atoms with Crippen LogP contribution >= 0.6 is 0 Å². The highest BCUT2D eigenvalue weighted by Gasteiger charge is 2.64. The van der Waals surface area contributed by atoms with Gasteiger partial charge < -0.3 is 29.2 Å². The molecule has 5 amide bonds. The molecule has 2 saturated carbocycles. The lowest BCUT2D eigenvalue weighted by Crippen LogP contribution is -2.74. The molecule has 17 nitrogen and oxygen atoms in total. The van der Waals surface area contributed by atoms with E-state index in [1.807, 2.05) is 32.6 Å². The van der Waals surface area contributed by atoms with Crippen LogP contribution in [0.1, 0.15) is 103 Å². The molecule has 66 heavy (non-hydrogen) atoms. The fourth-order valence-corrected chi connectivity index (χ4v) is 10.7. The average molecular weight is 913 g/mol. The number of alkyl halides is 2. The summed E-state index contributed by atoms with van der Waals surface area (Å²) >= 11 is 0. The van der Waals surface area contributed by atoms with Crippen LogP contribution in [0.3, 0.4) is 0 Å². The third kappa shape index (κ3) is 8.70. The number of fused-ring (bicyclic) bond motifs is 1. The van der Waals surface area contributed by atoms with Crippen molar-refractivity contribution in [1.29, 1.82) is 5.26 Å². The Morgan fingerprint density at radius 2 is 1.64 bits per heavy atom. The van der Waals surface area contributed by atoms with Crippen molar-refractivity contribution in [1.82, 2.24) is 30.4 Å². The second-order valence-electron chi connectivity index (χ2n) is 18.9. The first-order valence-corrected chi connectivity index (χ1v) is 22.2. The van der Waals surface area contributed by atoms with Crippen molar-refractivity contribution in [2.24, 2.45) is 16.7 Å². The molecule has 8 rings (SSSR count). The number of carbonyl (C=O) groups is 5. The number of imide groups is 2. The predicted octanol–water partition coefficient (Wildman–Crippen LogP) is 4.77. The molecule has 2 aromatic carbocycles. The second kappa shape index (κ2) is 18.1. The number of nitrogens with zero attached hydrogens (tertiary/aromatic N) is 6. The third-order valence-corrected chi connectivity index (χ3v) is 13.9. The Bertz CT molecular complexity index is 2430. The number of ether oxygens (including phenoxy) is 4. The fourth-order valence-electron chi connectivity index (χ4n) is 10.7. The Kier molecular flexibility index (Phi) is 12.7. The number of rotatable bonds is 15. The number of methoxy groups -OCH3 is 2. The molecule has 2 aliphatic carbocycles. The minimum Gasteiger partial charge on any atom is -0.496 e. The van der Waals surface area contributed by atoms with E-state index < -0.39 is 46.9 Å². The van der Waals surface area contributed by atoms with Gasteiger partial charge in [0.05, 0.1) is 49.8 Å². The summed E-state index contributed by atoms with van der Waals surface area (Å²) in [4.78, 5) is 78.4. The zero-order chi connectivity index (χ0) is 47.2. The largest absolute Gasteiger partial charge is 0.496 e. The molecule has 2 N–H and O–H groups in total. The number of carbonyl (C=O) groups excluding carboxylic acids is 5. The van der Waals surface area contributed by atoms with Crippen LogP contribution in [-0.4, -0.2) is 126 Å². The molecule has 0 spiro atoms. The van der Waals surface area contributed by atoms with Gasteiger partial charge in [0.25, 0.3) is 24.1 Å². The lowest BCUT2D eigenvalue weighted by atomic mass is 9.49. The molecule has 0 unspecified atom stereocenters. The quantitative estimate of drug-likeness (QED) is 0.197. The van der Waals surface area contributed by atoms with Crippen LogP contribution in [0.25, 0.3) is 0 Å². The topological polar surface area (TPSA) is 206 Å². The van der Waals surface area contributed by atoms with Gasteiger partial charge in [-0.2, -0.15) is 5.26 Å². The zero-order valence-corrected chi connectivity index (χ0v) is 37.8. The second-order valence-corrected chi connectivity index (χ2v) is 18.9. The van der Waals surface area contributed by atoms with Gasteiger partial charge >= 0.3 is 0 Å². The Morgan fingerprint density at radius 1 is 0.939 bits per heavy atom. The molecule has 0 radical (unpaired) electrons.